The first-order chi connectivity index (χ1) is 8.69. The Bertz CT molecular complexity index is 526. The maximum Gasteiger partial charge on any atom is 0.218 e. The molecule has 0 aliphatic heterocycles. The molecule has 1 aromatic carbocycles. The Balaban J connectivity index is 2.11. The third-order valence-electron chi connectivity index (χ3n) is 2.39. The van der Waals surface area contributed by atoms with Crippen molar-refractivity contribution in [3.63, 3.8) is 0 Å². The third-order valence-corrected chi connectivity index (χ3v) is 2.39. The molecule has 3 nitrogen and oxygen atoms in total. The van der Waals surface area contributed by atoms with Crippen molar-refractivity contribution in [3.05, 3.63) is 53.7 Å². The third kappa shape index (κ3) is 2.94. The van der Waals surface area contributed by atoms with Gasteiger partial charge in [-0.1, -0.05) is 6.07 Å². The second-order valence-corrected chi connectivity index (χ2v) is 3.68. The second kappa shape index (κ2) is 5.44. The zero-order valence-corrected chi connectivity index (χ0v) is 9.78. The summed E-state index contributed by atoms with van der Waals surface area (Å²) in [6.45, 7) is 0.375. The number of hydrogen-bond donors (Lipinski definition) is 1. The van der Waals surface area contributed by atoms with Crippen molar-refractivity contribution >= 4 is 5.69 Å². The molecule has 0 amide bonds. The first kappa shape index (κ1) is 12.3. The van der Waals surface area contributed by atoms with E-state index >= 15 is 0 Å². The normalized spacial score (nSPS) is 10.2. The van der Waals surface area contributed by atoms with Gasteiger partial charge in [0.2, 0.25) is 5.88 Å². The monoisotopic (exact) mass is 250 g/mol. The zero-order chi connectivity index (χ0) is 13.0. The van der Waals surface area contributed by atoms with Crippen LogP contribution in [0.3, 0.4) is 0 Å². The Labute approximate surface area is 103 Å². The van der Waals surface area contributed by atoms with E-state index in [-0.39, 0.29) is 0 Å². The molecule has 1 aromatic heterocycles. The average molecular weight is 250 g/mol. The summed E-state index contributed by atoms with van der Waals surface area (Å²) in [4.78, 5) is 4.03. The molecule has 5 heteroatoms. The van der Waals surface area contributed by atoms with Gasteiger partial charge in [-0.2, -0.15) is 0 Å². The molecule has 2 aromatic rings. The molecule has 1 heterocycles. The number of anilines is 1. The lowest BCUT2D eigenvalue weighted by Crippen LogP contribution is -2.03. The van der Waals surface area contributed by atoms with E-state index in [4.69, 9.17) is 4.74 Å². The Morgan fingerprint density at radius 3 is 2.61 bits per heavy atom. The minimum atomic E-state index is -0.615. The van der Waals surface area contributed by atoms with E-state index < -0.39 is 11.6 Å². The Kier molecular flexibility index (Phi) is 3.72. The van der Waals surface area contributed by atoms with E-state index in [1.165, 1.54) is 19.2 Å². The molecular weight excluding hydrogens is 238 g/mol. The number of benzene rings is 1. The summed E-state index contributed by atoms with van der Waals surface area (Å²) in [6.07, 6.45) is 1.62. The van der Waals surface area contributed by atoms with Crippen molar-refractivity contribution in [2.75, 3.05) is 12.4 Å². The van der Waals surface area contributed by atoms with Crippen LogP contribution in [0.25, 0.3) is 0 Å². The molecule has 0 saturated carbocycles. The van der Waals surface area contributed by atoms with Crippen molar-refractivity contribution in [2.45, 2.75) is 6.54 Å². The average Bonchev–Trinajstić information content (AvgIpc) is 2.35. The lowest BCUT2D eigenvalue weighted by Gasteiger charge is -2.09. The van der Waals surface area contributed by atoms with Gasteiger partial charge >= 0.3 is 0 Å². The van der Waals surface area contributed by atoms with E-state index in [9.17, 15) is 8.78 Å². The summed E-state index contributed by atoms with van der Waals surface area (Å²) < 4.78 is 31.0. The highest BCUT2D eigenvalue weighted by molar-refractivity contribution is 5.45. The van der Waals surface area contributed by atoms with Crippen LogP contribution in [-0.2, 0) is 6.54 Å². The van der Waals surface area contributed by atoms with Crippen molar-refractivity contribution in [2.24, 2.45) is 0 Å². The van der Waals surface area contributed by atoms with Crippen LogP contribution in [0.1, 0.15) is 5.56 Å². The molecule has 0 aliphatic rings. The van der Waals surface area contributed by atoms with Crippen molar-refractivity contribution in [3.8, 4) is 5.88 Å². The van der Waals surface area contributed by atoms with Crippen LogP contribution in [-0.4, -0.2) is 12.1 Å². The summed E-state index contributed by atoms with van der Waals surface area (Å²) in [6, 6.07) is 6.88. The van der Waals surface area contributed by atoms with Crippen LogP contribution in [0.15, 0.2) is 36.5 Å². The Morgan fingerprint density at radius 1 is 1.22 bits per heavy atom. The maximum atomic E-state index is 13.0. The Morgan fingerprint density at radius 2 is 1.94 bits per heavy atom. The van der Waals surface area contributed by atoms with E-state index in [1.54, 1.807) is 12.3 Å². The zero-order valence-electron chi connectivity index (χ0n) is 9.78. The summed E-state index contributed by atoms with van der Waals surface area (Å²) >= 11 is 0. The number of aromatic nitrogens is 1. The van der Waals surface area contributed by atoms with E-state index in [2.05, 4.69) is 10.3 Å². The predicted octanol–water partition coefficient (Wildman–Crippen LogP) is 2.98. The van der Waals surface area contributed by atoms with E-state index in [0.717, 1.165) is 11.6 Å². The SMILES string of the molecule is COc1ncccc1CNc1cc(F)cc(F)c1. The lowest BCUT2D eigenvalue weighted by molar-refractivity contribution is 0.393. The molecule has 0 unspecified atom stereocenters. The molecule has 94 valence electrons. The van der Waals surface area contributed by atoms with Gasteiger partial charge in [0, 0.05) is 30.1 Å². The second-order valence-electron chi connectivity index (χ2n) is 3.68. The molecule has 0 bridgehead atoms. The molecule has 0 fully saturated rings. The fourth-order valence-corrected chi connectivity index (χ4v) is 1.60. The first-order valence-electron chi connectivity index (χ1n) is 5.37. The standard InChI is InChI=1S/C13H12F2N2O/c1-18-13-9(3-2-4-16-13)8-17-12-6-10(14)5-11(15)7-12/h2-7,17H,8H2,1H3. The maximum absolute atomic E-state index is 13.0. The molecule has 1 N–H and O–H groups in total. The summed E-state index contributed by atoms with van der Waals surface area (Å²) in [5.74, 6) is -0.742. The quantitative estimate of drug-likeness (QED) is 0.905. The van der Waals surface area contributed by atoms with Gasteiger partial charge < -0.3 is 10.1 Å². The van der Waals surface area contributed by atoms with Crippen LogP contribution in [0, 0.1) is 11.6 Å². The van der Waals surface area contributed by atoms with Crippen LogP contribution >= 0.6 is 0 Å². The number of methoxy groups -OCH3 is 1. The predicted molar refractivity (Wildman–Crippen MR) is 64.5 cm³/mol. The highest BCUT2D eigenvalue weighted by Crippen LogP contribution is 2.17. The minimum Gasteiger partial charge on any atom is -0.481 e. The van der Waals surface area contributed by atoms with Gasteiger partial charge in [0.1, 0.15) is 11.6 Å². The Hall–Kier alpha value is -2.17. The first-order valence-corrected chi connectivity index (χ1v) is 5.37. The highest BCUT2D eigenvalue weighted by Gasteiger charge is 2.04. The van der Waals surface area contributed by atoms with Gasteiger partial charge in [-0.3, -0.25) is 0 Å². The number of halogens is 2. The van der Waals surface area contributed by atoms with Gasteiger partial charge in [0.05, 0.1) is 7.11 Å². The summed E-state index contributed by atoms with van der Waals surface area (Å²) in [5.41, 5.74) is 1.18. The van der Waals surface area contributed by atoms with Crippen LogP contribution in [0.5, 0.6) is 5.88 Å². The van der Waals surface area contributed by atoms with Crippen molar-refractivity contribution < 1.29 is 13.5 Å². The largest absolute Gasteiger partial charge is 0.481 e. The lowest BCUT2D eigenvalue weighted by atomic mass is 10.2. The smallest absolute Gasteiger partial charge is 0.218 e. The van der Waals surface area contributed by atoms with Gasteiger partial charge in [0.15, 0.2) is 0 Å². The van der Waals surface area contributed by atoms with Crippen LogP contribution < -0.4 is 10.1 Å². The molecule has 0 radical (unpaired) electrons. The fraction of sp³-hybridized carbons (Fsp3) is 0.154. The molecule has 0 aliphatic carbocycles. The molecular formula is C13H12F2N2O. The molecule has 18 heavy (non-hydrogen) atoms. The number of nitrogens with zero attached hydrogens (tertiary/aromatic N) is 1. The van der Waals surface area contributed by atoms with Crippen LogP contribution in [0.4, 0.5) is 14.5 Å². The number of hydrogen-bond acceptors (Lipinski definition) is 3. The van der Waals surface area contributed by atoms with Crippen molar-refractivity contribution in [1.82, 2.24) is 4.98 Å². The molecule has 0 spiro atoms. The summed E-state index contributed by atoms with van der Waals surface area (Å²) in [5, 5.41) is 2.92. The van der Waals surface area contributed by atoms with Gasteiger partial charge in [0.25, 0.3) is 0 Å². The topological polar surface area (TPSA) is 34.1 Å². The number of pyridine rings is 1. The van der Waals surface area contributed by atoms with E-state index in [0.29, 0.717) is 18.1 Å². The molecule has 2 rings (SSSR count). The molecule has 0 atom stereocenters. The minimum absolute atomic E-state index is 0.374. The van der Waals surface area contributed by atoms with Gasteiger partial charge in [-0.25, -0.2) is 13.8 Å². The number of nitrogens with one attached hydrogen (secondary N) is 1. The summed E-state index contributed by atoms with van der Waals surface area (Å²) in [7, 11) is 1.52. The van der Waals surface area contributed by atoms with Crippen LogP contribution in [0.2, 0.25) is 0 Å². The highest BCUT2D eigenvalue weighted by atomic mass is 19.1. The molecule has 0 saturated heterocycles. The van der Waals surface area contributed by atoms with Crippen molar-refractivity contribution in [1.29, 1.82) is 0 Å². The fourth-order valence-electron chi connectivity index (χ4n) is 1.60. The van der Waals surface area contributed by atoms with E-state index in [1.807, 2.05) is 6.07 Å². The number of rotatable bonds is 4. The van der Waals surface area contributed by atoms with Gasteiger partial charge in [-0.15, -0.1) is 0 Å². The van der Waals surface area contributed by atoms with Gasteiger partial charge in [-0.05, 0) is 18.2 Å². The number of ether oxygens (including phenoxy) is 1.